The van der Waals surface area contributed by atoms with Crippen molar-refractivity contribution in [2.75, 3.05) is 7.11 Å². The van der Waals surface area contributed by atoms with E-state index in [0.29, 0.717) is 17.6 Å². The number of aldehydes is 1. The Morgan fingerprint density at radius 2 is 2.07 bits per heavy atom. The fourth-order valence-electron chi connectivity index (χ4n) is 1.26. The summed E-state index contributed by atoms with van der Waals surface area (Å²) in [6.07, 6.45) is 0.633. The normalized spacial score (nSPS) is 9.53. The molecule has 0 saturated heterocycles. The maximum Gasteiger partial charge on any atom is 0.308 e. The summed E-state index contributed by atoms with van der Waals surface area (Å²) in [6.45, 7) is 3.10. The predicted molar refractivity (Wildman–Crippen MR) is 54.4 cm³/mol. The minimum atomic E-state index is -0.486. The van der Waals surface area contributed by atoms with Crippen molar-refractivity contribution in [3.8, 4) is 11.5 Å². The molecule has 0 bridgehead atoms. The van der Waals surface area contributed by atoms with Gasteiger partial charge >= 0.3 is 5.97 Å². The first kappa shape index (κ1) is 11.2. The van der Waals surface area contributed by atoms with E-state index in [0.717, 1.165) is 5.56 Å². The quantitative estimate of drug-likeness (QED) is 0.431. The summed E-state index contributed by atoms with van der Waals surface area (Å²) >= 11 is 0. The summed E-state index contributed by atoms with van der Waals surface area (Å²) in [5.41, 5.74) is 1.17. The zero-order chi connectivity index (χ0) is 11.4. The lowest BCUT2D eigenvalue weighted by atomic mass is 10.1. The van der Waals surface area contributed by atoms with Gasteiger partial charge in [0.2, 0.25) is 0 Å². The van der Waals surface area contributed by atoms with E-state index < -0.39 is 5.97 Å². The summed E-state index contributed by atoms with van der Waals surface area (Å²) < 4.78 is 9.95. The topological polar surface area (TPSA) is 52.6 Å². The van der Waals surface area contributed by atoms with Crippen molar-refractivity contribution in [1.29, 1.82) is 0 Å². The zero-order valence-electron chi connectivity index (χ0n) is 8.87. The van der Waals surface area contributed by atoms with Gasteiger partial charge in [-0.2, -0.15) is 0 Å². The van der Waals surface area contributed by atoms with Crippen LogP contribution >= 0.6 is 0 Å². The van der Waals surface area contributed by atoms with Crippen LogP contribution in [0.5, 0.6) is 11.5 Å². The average molecular weight is 208 g/mol. The van der Waals surface area contributed by atoms with Crippen LogP contribution in [0.15, 0.2) is 12.1 Å². The number of rotatable bonds is 3. The van der Waals surface area contributed by atoms with Crippen molar-refractivity contribution >= 4 is 12.3 Å². The number of esters is 1. The number of methoxy groups -OCH3 is 1. The van der Waals surface area contributed by atoms with Crippen LogP contribution in [-0.4, -0.2) is 19.4 Å². The van der Waals surface area contributed by atoms with Gasteiger partial charge in [-0.3, -0.25) is 9.59 Å². The molecular formula is C11H12O4. The van der Waals surface area contributed by atoms with E-state index in [2.05, 4.69) is 0 Å². The minimum absolute atomic E-state index is 0.172. The Morgan fingerprint density at radius 3 is 2.53 bits per heavy atom. The lowest BCUT2D eigenvalue weighted by molar-refractivity contribution is -0.132. The molecule has 80 valence electrons. The maximum absolute atomic E-state index is 10.8. The Bertz CT molecular complexity index is 396. The van der Waals surface area contributed by atoms with Crippen LogP contribution in [0.2, 0.25) is 0 Å². The lowest BCUT2D eigenvalue weighted by Crippen LogP contribution is -2.06. The SMILES string of the molecule is COc1cc(C)cc(C=O)c1OC(C)=O. The van der Waals surface area contributed by atoms with Gasteiger partial charge in [0.25, 0.3) is 0 Å². The first-order valence-corrected chi connectivity index (χ1v) is 4.40. The third kappa shape index (κ3) is 2.56. The van der Waals surface area contributed by atoms with E-state index in [9.17, 15) is 9.59 Å². The monoisotopic (exact) mass is 208 g/mol. The highest BCUT2D eigenvalue weighted by atomic mass is 16.6. The third-order valence-electron chi connectivity index (χ3n) is 1.82. The molecule has 0 fully saturated rings. The molecule has 0 unspecified atom stereocenters. The van der Waals surface area contributed by atoms with Crippen molar-refractivity contribution < 1.29 is 19.1 Å². The number of hydrogen-bond donors (Lipinski definition) is 0. The Kier molecular flexibility index (Phi) is 3.44. The molecule has 0 heterocycles. The van der Waals surface area contributed by atoms with Gasteiger partial charge in [-0.25, -0.2) is 0 Å². The maximum atomic E-state index is 10.8. The first-order valence-electron chi connectivity index (χ1n) is 4.40. The molecule has 0 amide bonds. The molecule has 0 aromatic heterocycles. The molecule has 0 radical (unpaired) electrons. The average Bonchev–Trinajstić information content (AvgIpc) is 2.19. The van der Waals surface area contributed by atoms with Gasteiger partial charge in [0.1, 0.15) is 0 Å². The number of ether oxygens (including phenoxy) is 2. The number of hydrogen-bond acceptors (Lipinski definition) is 4. The molecule has 0 aliphatic heterocycles. The molecule has 1 rings (SSSR count). The highest BCUT2D eigenvalue weighted by Crippen LogP contribution is 2.31. The van der Waals surface area contributed by atoms with Gasteiger partial charge in [-0.15, -0.1) is 0 Å². The van der Waals surface area contributed by atoms with Gasteiger partial charge in [0.05, 0.1) is 12.7 Å². The Hall–Kier alpha value is -1.84. The Morgan fingerprint density at radius 1 is 1.40 bits per heavy atom. The van der Waals surface area contributed by atoms with Crippen LogP contribution in [0, 0.1) is 6.92 Å². The van der Waals surface area contributed by atoms with Gasteiger partial charge in [-0.05, 0) is 24.6 Å². The van der Waals surface area contributed by atoms with Crippen LogP contribution < -0.4 is 9.47 Å². The van der Waals surface area contributed by atoms with Crippen LogP contribution in [0.4, 0.5) is 0 Å². The lowest BCUT2D eigenvalue weighted by Gasteiger charge is -2.10. The third-order valence-corrected chi connectivity index (χ3v) is 1.82. The van der Waals surface area contributed by atoms with Gasteiger partial charge in [0, 0.05) is 6.92 Å². The van der Waals surface area contributed by atoms with Crippen molar-refractivity contribution in [1.82, 2.24) is 0 Å². The predicted octanol–water partition coefficient (Wildman–Crippen LogP) is 1.74. The highest BCUT2D eigenvalue weighted by molar-refractivity contribution is 5.84. The molecule has 0 spiro atoms. The van der Waals surface area contributed by atoms with Gasteiger partial charge in [0.15, 0.2) is 17.8 Å². The molecule has 0 N–H and O–H groups in total. The second-order valence-corrected chi connectivity index (χ2v) is 3.10. The summed E-state index contributed by atoms with van der Waals surface area (Å²) in [5.74, 6) is 0.0677. The summed E-state index contributed by atoms with van der Waals surface area (Å²) in [5, 5.41) is 0. The molecular weight excluding hydrogens is 196 g/mol. The molecule has 0 aliphatic rings. The van der Waals surface area contributed by atoms with E-state index in [1.807, 2.05) is 6.92 Å². The molecule has 15 heavy (non-hydrogen) atoms. The largest absolute Gasteiger partial charge is 0.493 e. The van der Waals surface area contributed by atoms with Gasteiger partial charge < -0.3 is 9.47 Å². The fourth-order valence-corrected chi connectivity index (χ4v) is 1.26. The van der Waals surface area contributed by atoms with E-state index in [1.54, 1.807) is 12.1 Å². The Balaban J connectivity index is 3.29. The summed E-state index contributed by atoms with van der Waals surface area (Å²) in [6, 6.07) is 3.33. The van der Waals surface area contributed by atoms with Crippen LogP contribution in [0.1, 0.15) is 22.8 Å². The standard InChI is InChI=1S/C11H12O4/c1-7-4-9(6-12)11(15-8(2)13)10(5-7)14-3/h4-6H,1-3H3. The minimum Gasteiger partial charge on any atom is -0.493 e. The highest BCUT2D eigenvalue weighted by Gasteiger charge is 2.13. The molecule has 4 heteroatoms. The second kappa shape index (κ2) is 4.59. The van der Waals surface area contributed by atoms with Crippen LogP contribution in [0.3, 0.4) is 0 Å². The van der Waals surface area contributed by atoms with Crippen molar-refractivity contribution in [2.24, 2.45) is 0 Å². The van der Waals surface area contributed by atoms with E-state index >= 15 is 0 Å². The summed E-state index contributed by atoms with van der Waals surface area (Å²) in [4.78, 5) is 21.6. The number of carbonyl (C=O) groups is 2. The molecule has 4 nitrogen and oxygen atoms in total. The number of carbonyl (C=O) groups excluding carboxylic acids is 2. The van der Waals surface area contributed by atoms with E-state index in [4.69, 9.17) is 9.47 Å². The molecule has 0 saturated carbocycles. The van der Waals surface area contributed by atoms with Gasteiger partial charge in [-0.1, -0.05) is 0 Å². The van der Waals surface area contributed by atoms with Crippen molar-refractivity contribution in [3.05, 3.63) is 23.3 Å². The molecule has 0 atom stereocenters. The number of aryl methyl sites for hydroxylation is 1. The van der Waals surface area contributed by atoms with E-state index in [1.165, 1.54) is 14.0 Å². The van der Waals surface area contributed by atoms with Crippen LogP contribution in [-0.2, 0) is 4.79 Å². The molecule has 1 aromatic carbocycles. The van der Waals surface area contributed by atoms with Crippen molar-refractivity contribution in [3.63, 3.8) is 0 Å². The number of benzene rings is 1. The Labute approximate surface area is 87.8 Å². The fraction of sp³-hybridized carbons (Fsp3) is 0.273. The van der Waals surface area contributed by atoms with E-state index in [-0.39, 0.29) is 5.75 Å². The van der Waals surface area contributed by atoms with Crippen LogP contribution in [0.25, 0.3) is 0 Å². The zero-order valence-corrected chi connectivity index (χ0v) is 8.87. The molecule has 0 aliphatic carbocycles. The van der Waals surface area contributed by atoms with Crippen molar-refractivity contribution in [2.45, 2.75) is 13.8 Å². The smallest absolute Gasteiger partial charge is 0.308 e. The summed E-state index contributed by atoms with van der Waals surface area (Å²) in [7, 11) is 1.45. The first-order chi connectivity index (χ1) is 7.08. The molecule has 1 aromatic rings. The second-order valence-electron chi connectivity index (χ2n) is 3.10.